The highest BCUT2D eigenvalue weighted by molar-refractivity contribution is 6.43. The molecule has 8 nitrogen and oxygen atoms in total. The first-order chi connectivity index (χ1) is 17.0. The molecule has 3 N–H and O–H groups in total. The molecule has 1 atom stereocenters. The average Bonchev–Trinajstić information content (AvgIpc) is 2.81. The Labute approximate surface area is 206 Å². The van der Waals surface area contributed by atoms with Gasteiger partial charge < -0.3 is 25.0 Å². The zero-order valence-corrected chi connectivity index (χ0v) is 19.4. The lowest BCUT2D eigenvalue weighted by atomic mass is 9.76. The number of halogens is 3. The van der Waals surface area contributed by atoms with Gasteiger partial charge in [-0.15, -0.1) is 0 Å². The number of amides is 2. The Balaban J connectivity index is 1.94. The van der Waals surface area contributed by atoms with Gasteiger partial charge in [-0.1, -0.05) is 54.6 Å². The summed E-state index contributed by atoms with van der Waals surface area (Å²) in [5.41, 5.74) is 1.42. The van der Waals surface area contributed by atoms with E-state index >= 15 is 0 Å². The zero-order chi connectivity index (χ0) is 26.7. The second-order valence-electron chi connectivity index (χ2n) is 7.93. The summed E-state index contributed by atoms with van der Waals surface area (Å²) >= 11 is 0. The van der Waals surface area contributed by atoms with E-state index in [0.29, 0.717) is 16.0 Å². The molecule has 1 unspecified atom stereocenters. The summed E-state index contributed by atoms with van der Waals surface area (Å²) in [6, 6.07) is 17.1. The number of hydrogen-bond acceptors (Lipinski definition) is 6. The number of benzene rings is 2. The molecule has 0 saturated heterocycles. The molecule has 2 amide bonds. The number of hydrogen-bond donors (Lipinski definition) is 3. The Morgan fingerprint density at radius 1 is 1.17 bits per heavy atom. The maximum atomic E-state index is 12.5. The number of rotatable bonds is 10. The molecule has 0 aromatic heterocycles. The fourth-order valence-electron chi connectivity index (χ4n) is 3.25. The van der Waals surface area contributed by atoms with Crippen LogP contribution < -0.4 is 5.32 Å². The molecule has 0 bridgehead atoms. The number of ether oxygens (including phenoxy) is 1. The van der Waals surface area contributed by atoms with Gasteiger partial charge in [0.15, 0.2) is 0 Å². The van der Waals surface area contributed by atoms with Crippen LogP contribution in [-0.4, -0.2) is 66.4 Å². The van der Waals surface area contributed by atoms with Crippen molar-refractivity contribution < 1.29 is 37.5 Å². The van der Waals surface area contributed by atoms with Gasteiger partial charge in [-0.25, -0.2) is 4.79 Å². The van der Waals surface area contributed by atoms with E-state index in [1.807, 2.05) is 6.07 Å². The van der Waals surface area contributed by atoms with E-state index in [1.165, 1.54) is 6.08 Å². The monoisotopic (exact) mass is 503 g/mol. The van der Waals surface area contributed by atoms with E-state index < -0.39 is 43.4 Å². The summed E-state index contributed by atoms with van der Waals surface area (Å²) < 4.78 is 42.7. The fourth-order valence-corrected chi connectivity index (χ4v) is 3.25. The van der Waals surface area contributed by atoms with E-state index in [2.05, 4.69) is 5.32 Å². The Kier molecular flexibility index (Phi) is 10.5. The van der Waals surface area contributed by atoms with Crippen molar-refractivity contribution in [1.82, 2.24) is 10.2 Å². The van der Waals surface area contributed by atoms with Crippen LogP contribution in [0.25, 0.3) is 6.08 Å². The zero-order valence-electron chi connectivity index (χ0n) is 19.4. The molecule has 0 spiro atoms. The van der Waals surface area contributed by atoms with Crippen LogP contribution in [0.3, 0.4) is 0 Å². The third kappa shape index (κ3) is 9.81. The molecule has 0 fully saturated rings. The molecule has 0 aliphatic carbocycles. The number of carbonyl (C=O) groups is 2. The summed E-state index contributed by atoms with van der Waals surface area (Å²) in [6.45, 7) is -1.54. The van der Waals surface area contributed by atoms with E-state index in [0.717, 1.165) is 12.6 Å². The van der Waals surface area contributed by atoms with Gasteiger partial charge in [0.25, 0.3) is 5.91 Å². The number of likely N-dealkylation sites (N-methyl/N-ethyl adjacent to an activating group) is 1. The molecule has 2 aromatic carbocycles. The number of nitrogens with one attached hydrogen (secondary N) is 1. The molecule has 2 rings (SSSR count). The predicted octanol–water partition coefficient (Wildman–Crippen LogP) is 2.51. The average molecular weight is 503 g/mol. The van der Waals surface area contributed by atoms with E-state index in [1.54, 1.807) is 54.6 Å². The SMILES string of the molecule is CN(CC(F)(F)F)C(=O)C(C#N)=Cc1cccc(CCOC(=O)NC(Cc2ccccc2)B(O)O)c1. The van der Waals surface area contributed by atoms with Gasteiger partial charge >= 0.3 is 19.4 Å². The molecule has 190 valence electrons. The minimum absolute atomic E-state index is 0.0586. The largest absolute Gasteiger partial charge is 0.475 e. The molecule has 2 aromatic rings. The van der Waals surface area contributed by atoms with Crippen LogP contribution in [0.1, 0.15) is 16.7 Å². The first kappa shape index (κ1) is 28.4. The standard InChI is InChI=1S/C24H25BF3N3O5/c1-31(16-24(26,27)28)22(32)20(15-29)13-19-9-5-8-18(12-19)10-11-36-23(33)30-21(25(34)35)14-17-6-3-2-4-7-17/h2-9,12-13,21,34-35H,10-11,14,16H2,1H3,(H,30,33). The Hall–Kier alpha value is -3.82. The van der Waals surface area contributed by atoms with Crippen molar-refractivity contribution in [1.29, 1.82) is 5.26 Å². The topological polar surface area (TPSA) is 123 Å². The third-order valence-corrected chi connectivity index (χ3v) is 4.96. The highest BCUT2D eigenvalue weighted by atomic mass is 19.4. The highest BCUT2D eigenvalue weighted by Crippen LogP contribution is 2.18. The minimum atomic E-state index is -4.59. The second-order valence-corrected chi connectivity index (χ2v) is 7.93. The first-order valence-corrected chi connectivity index (χ1v) is 10.8. The van der Waals surface area contributed by atoms with Gasteiger partial charge in [0.2, 0.25) is 0 Å². The maximum Gasteiger partial charge on any atom is 0.475 e. The summed E-state index contributed by atoms with van der Waals surface area (Å²) in [6.07, 6.45) is -3.81. The normalized spacial score (nSPS) is 12.3. The summed E-state index contributed by atoms with van der Waals surface area (Å²) in [5, 5.41) is 30.7. The summed E-state index contributed by atoms with van der Waals surface area (Å²) in [4.78, 5) is 24.7. The lowest BCUT2D eigenvalue weighted by molar-refractivity contribution is -0.155. The molecule has 0 heterocycles. The maximum absolute atomic E-state index is 12.5. The van der Waals surface area contributed by atoms with Crippen LogP contribution in [0.4, 0.5) is 18.0 Å². The molecule has 0 aliphatic rings. The highest BCUT2D eigenvalue weighted by Gasteiger charge is 2.32. The van der Waals surface area contributed by atoms with Gasteiger partial charge in [0.05, 0.1) is 12.5 Å². The van der Waals surface area contributed by atoms with Gasteiger partial charge in [-0.2, -0.15) is 18.4 Å². The van der Waals surface area contributed by atoms with Crippen molar-refractivity contribution in [3.8, 4) is 6.07 Å². The van der Waals surface area contributed by atoms with Crippen molar-refractivity contribution >= 4 is 25.2 Å². The number of nitriles is 1. The first-order valence-electron chi connectivity index (χ1n) is 10.8. The molecular formula is C24H25BF3N3O5. The van der Waals surface area contributed by atoms with Crippen LogP contribution in [0.2, 0.25) is 0 Å². The lowest BCUT2D eigenvalue weighted by Crippen LogP contribution is -2.48. The van der Waals surface area contributed by atoms with Crippen LogP contribution in [0.15, 0.2) is 60.2 Å². The predicted molar refractivity (Wildman–Crippen MR) is 126 cm³/mol. The van der Waals surface area contributed by atoms with Crippen LogP contribution >= 0.6 is 0 Å². The molecule has 36 heavy (non-hydrogen) atoms. The van der Waals surface area contributed by atoms with Crippen molar-refractivity contribution in [2.45, 2.75) is 25.0 Å². The smallest absolute Gasteiger partial charge is 0.449 e. The van der Waals surface area contributed by atoms with Crippen molar-refractivity contribution in [3.05, 3.63) is 76.9 Å². The Bertz CT molecular complexity index is 1100. The number of alkyl carbamates (subject to hydrolysis) is 1. The Morgan fingerprint density at radius 3 is 2.44 bits per heavy atom. The van der Waals surface area contributed by atoms with E-state index in [4.69, 9.17) is 4.74 Å². The number of carbonyl (C=O) groups excluding carboxylic acids is 2. The third-order valence-electron chi connectivity index (χ3n) is 4.96. The lowest BCUT2D eigenvalue weighted by Gasteiger charge is -2.18. The van der Waals surface area contributed by atoms with Gasteiger partial charge in [0, 0.05) is 13.5 Å². The summed E-state index contributed by atoms with van der Waals surface area (Å²) in [5.74, 6) is -2.04. The molecule has 0 saturated carbocycles. The van der Waals surface area contributed by atoms with Gasteiger partial charge in [-0.05, 0) is 29.2 Å². The van der Waals surface area contributed by atoms with Gasteiger partial charge in [-0.3, -0.25) is 4.79 Å². The fraction of sp³-hybridized carbons (Fsp3) is 0.292. The van der Waals surface area contributed by atoms with Crippen molar-refractivity contribution in [2.75, 3.05) is 20.2 Å². The van der Waals surface area contributed by atoms with E-state index in [-0.39, 0.29) is 19.4 Å². The quantitative estimate of drug-likeness (QED) is 0.260. The second kappa shape index (κ2) is 13.3. The van der Waals surface area contributed by atoms with E-state index in [9.17, 15) is 38.1 Å². The van der Waals surface area contributed by atoms with Gasteiger partial charge in [0.1, 0.15) is 18.2 Å². The van der Waals surface area contributed by atoms with Crippen LogP contribution in [-0.2, 0) is 22.4 Å². The minimum Gasteiger partial charge on any atom is -0.449 e. The molecule has 0 radical (unpaired) electrons. The van der Waals surface area contributed by atoms with Crippen molar-refractivity contribution in [2.24, 2.45) is 0 Å². The molecule has 12 heteroatoms. The summed E-state index contributed by atoms with van der Waals surface area (Å²) in [7, 11) is -0.839. The van der Waals surface area contributed by atoms with Crippen LogP contribution in [0.5, 0.6) is 0 Å². The van der Waals surface area contributed by atoms with Crippen LogP contribution in [0, 0.1) is 11.3 Å². The number of alkyl halides is 3. The molecular weight excluding hydrogens is 478 g/mol. The molecule has 0 aliphatic heterocycles. The number of nitrogens with zero attached hydrogens (tertiary/aromatic N) is 2. The Morgan fingerprint density at radius 2 is 1.83 bits per heavy atom. The van der Waals surface area contributed by atoms with Crippen molar-refractivity contribution in [3.63, 3.8) is 0 Å².